The lowest BCUT2D eigenvalue weighted by atomic mass is 10.1. The van der Waals surface area contributed by atoms with Gasteiger partial charge in [-0.3, -0.25) is 4.90 Å². The molecule has 2 aromatic carbocycles. The van der Waals surface area contributed by atoms with E-state index in [4.69, 9.17) is 9.59 Å². The molecule has 8 nitrogen and oxygen atoms in total. The maximum atomic E-state index is 13.0. The third-order valence-corrected chi connectivity index (χ3v) is 5.60. The third kappa shape index (κ3) is 11.0. The van der Waals surface area contributed by atoms with Crippen molar-refractivity contribution in [1.82, 2.24) is 15.2 Å². The van der Waals surface area contributed by atoms with E-state index in [1.54, 1.807) is 16.2 Å². The standard InChI is InChI=1S/C22H26N4OS.C2H7N.2CH2O/c1-16-17(2)28-22(23-16)26(15-14-25(3)4)21(27)24-20-12-10-19(11-13-20)18-8-6-5-7-9-18;1-3-2;2*1-2/h5-13H,14-15H2,1-4H3,(H,24,27);3H,1-2H3;2*1H2. The van der Waals surface area contributed by atoms with E-state index in [0.717, 1.165) is 39.1 Å². The first-order chi connectivity index (χ1) is 16.8. The lowest BCUT2D eigenvalue weighted by molar-refractivity contribution is -0.0987. The van der Waals surface area contributed by atoms with Crippen molar-refractivity contribution in [2.45, 2.75) is 13.8 Å². The van der Waals surface area contributed by atoms with Gasteiger partial charge in [-0.2, -0.15) is 0 Å². The van der Waals surface area contributed by atoms with Crippen LogP contribution in [0.3, 0.4) is 0 Å². The topological polar surface area (TPSA) is 94.6 Å². The molecule has 0 spiro atoms. The molecule has 1 aromatic heterocycles. The minimum absolute atomic E-state index is 0.164. The van der Waals surface area contributed by atoms with Gasteiger partial charge in [-0.1, -0.05) is 42.5 Å². The molecule has 3 rings (SSSR count). The summed E-state index contributed by atoms with van der Waals surface area (Å²) in [6.07, 6.45) is 0. The van der Waals surface area contributed by atoms with E-state index in [2.05, 4.69) is 32.7 Å². The number of likely N-dealkylation sites (N-methyl/N-ethyl adjacent to an activating group) is 1. The number of rotatable bonds is 6. The molecule has 35 heavy (non-hydrogen) atoms. The number of aryl methyl sites for hydroxylation is 2. The van der Waals surface area contributed by atoms with Gasteiger partial charge < -0.3 is 25.1 Å². The molecule has 0 atom stereocenters. The maximum absolute atomic E-state index is 13.0. The van der Waals surface area contributed by atoms with E-state index in [9.17, 15) is 4.79 Å². The number of carbonyl (C=O) groups is 3. The summed E-state index contributed by atoms with van der Waals surface area (Å²) >= 11 is 1.55. The van der Waals surface area contributed by atoms with Crippen LogP contribution in [0, 0.1) is 13.8 Å². The van der Waals surface area contributed by atoms with Crippen molar-refractivity contribution in [1.29, 1.82) is 0 Å². The Morgan fingerprint density at radius 2 is 1.40 bits per heavy atom. The van der Waals surface area contributed by atoms with Gasteiger partial charge in [0.15, 0.2) is 5.13 Å². The number of anilines is 2. The summed E-state index contributed by atoms with van der Waals surface area (Å²) in [6, 6.07) is 17.9. The fourth-order valence-corrected chi connectivity index (χ4v) is 3.66. The average molecular weight is 500 g/mol. The summed E-state index contributed by atoms with van der Waals surface area (Å²) in [5, 5.41) is 6.49. The van der Waals surface area contributed by atoms with Crippen molar-refractivity contribution < 1.29 is 14.4 Å². The van der Waals surface area contributed by atoms with Crippen molar-refractivity contribution in [3.63, 3.8) is 0 Å². The van der Waals surface area contributed by atoms with E-state index in [1.807, 2.05) is 98.1 Å². The minimum Gasteiger partial charge on any atom is -0.323 e. The van der Waals surface area contributed by atoms with Crippen molar-refractivity contribution in [3.8, 4) is 11.1 Å². The number of nitrogens with zero attached hydrogens (tertiary/aromatic N) is 3. The van der Waals surface area contributed by atoms with Crippen LogP contribution in [-0.2, 0) is 9.59 Å². The van der Waals surface area contributed by atoms with Gasteiger partial charge in [0.2, 0.25) is 0 Å². The fraction of sp³-hybridized carbons (Fsp3) is 0.308. The van der Waals surface area contributed by atoms with Crippen LogP contribution in [0.25, 0.3) is 11.1 Å². The third-order valence-electron chi connectivity index (χ3n) is 4.51. The summed E-state index contributed by atoms with van der Waals surface area (Å²) < 4.78 is 0. The van der Waals surface area contributed by atoms with E-state index >= 15 is 0 Å². The van der Waals surface area contributed by atoms with Gasteiger partial charge in [-0.05, 0) is 65.3 Å². The zero-order chi connectivity index (χ0) is 26.8. The van der Waals surface area contributed by atoms with Crippen LogP contribution in [0.5, 0.6) is 0 Å². The molecule has 190 valence electrons. The first-order valence-corrected chi connectivity index (χ1v) is 11.7. The Balaban J connectivity index is 0.00000150. The average Bonchev–Trinajstić information content (AvgIpc) is 3.20. The summed E-state index contributed by atoms with van der Waals surface area (Å²) in [6.45, 7) is 9.34. The van der Waals surface area contributed by atoms with Gasteiger partial charge in [-0.15, -0.1) is 11.3 Å². The molecule has 0 aliphatic rings. The van der Waals surface area contributed by atoms with Crippen LogP contribution in [0.2, 0.25) is 0 Å². The molecule has 1 heterocycles. The molecule has 0 aliphatic heterocycles. The van der Waals surface area contributed by atoms with Crippen molar-refractivity contribution >= 4 is 41.8 Å². The van der Waals surface area contributed by atoms with Gasteiger partial charge in [0.25, 0.3) is 0 Å². The predicted octanol–water partition coefficient (Wildman–Crippen LogP) is 4.49. The van der Waals surface area contributed by atoms with E-state index in [-0.39, 0.29) is 6.03 Å². The van der Waals surface area contributed by atoms with Crippen LogP contribution in [0.4, 0.5) is 15.6 Å². The Kier molecular flexibility index (Phi) is 16.2. The first kappa shape index (κ1) is 31.6. The monoisotopic (exact) mass is 499 g/mol. The van der Waals surface area contributed by atoms with Crippen LogP contribution < -0.4 is 15.5 Å². The lowest BCUT2D eigenvalue weighted by Crippen LogP contribution is -2.39. The first-order valence-electron chi connectivity index (χ1n) is 10.8. The molecule has 0 saturated carbocycles. The normalized spacial score (nSPS) is 9.46. The number of benzene rings is 2. The van der Waals surface area contributed by atoms with Crippen LogP contribution >= 0.6 is 11.3 Å². The smallest absolute Gasteiger partial charge is 0.323 e. The molecule has 2 amide bonds. The molecule has 0 saturated heterocycles. The quantitative estimate of drug-likeness (QED) is 0.519. The summed E-state index contributed by atoms with van der Waals surface area (Å²) in [5.74, 6) is 0. The molecule has 0 aliphatic carbocycles. The predicted molar refractivity (Wildman–Crippen MR) is 148 cm³/mol. The van der Waals surface area contributed by atoms with E-state index < -0.39 is 0 Å². The lowest BCUT2D eigenvalue weighted by Gasteiger charge is -2.22. The minimum atomic E-state index is -0.164. The highest BCUT2D eigenvalue weighted by Crippen LogP contribution is 2.26. The number of urea groups is 1. The fourth-order valence-electron chi connectivity index (χ4n) is 2.72. The number of hydrogen-bond acceptors (Lipinski definition) is 7. The summed E-state index contributed by atoms with van der Waals surface area (Å²) in [7, 11) is 7.74. The molecule has 3 aromatic rings. The number of amides is 2. The Labute approximate surface area is 213 Å². The van der Waals surface area contributed by atoms with Gasteiger partial charge >= 0.3 is 6.03 Å². The largest absolute Gasteiger partial charge is 0.328 e. The van der Waals surface area contributed by atoms with Crippen molar-refractivity contribution in [2.24, 2.45) is 0 Å². The zero-order valence-corrected chi connectivity index (χ0v) is 22.3. The number of hydrogen-bond donors (Lipinski definition) is 2. The Morgan fingerprint density at radius 3 is 1.86 bits per heavy atom. The second-order valence-electron chi connectivity index (χ2n) is 7.47. The second-order valence-corrected chi connectivity index (χ2v) is 8.65. The molecule has 2 N–H and O–H groups in total. The highest BCUT2D eigenvalue weighted by atomic mass is 32.1. The molecular formula is C26H37N5O3S. The molecule has 0 radical (unpaired) electrons. The Bertz CT molecular complexity index is 957. The molecule has 0 fully saturated rings. The van der Waals surface area contributed by atoms with Crippen LogP contribution in [0.15, 0.2) is 54.6 Å². The number of aromatic nitrogens is 1. The summed E-state index contributed by atoms with van der Waals surface area (Å²) in [4.78, 5) is 38.4. The molecule has 9 heteroatoms. The highest BCUT2D eigenvalue weighted by Gasteiger charge is 2.20. The maximum Gasteiger partial charge on any atom is 0.328 e. The number of carbonyl (C=O) groups excluding carboxylic acids is 3. The van der Waals surface area contributed by atoms with Crippen LogP contribution in [-0.4, -0.2) is 70.8 Å². The zero-order valence-electron chi connectivity index (χ0n) is 21.5. The second kappa shape index (κ2) is 18.0. The SMILES string of the molecule is C=O.C=O.CNC.Cc1nc(N(CCN(C)C)C(=O)Nc2ccc(-c3ccccc3)cc2)sc1C. The van der Waals surface area contributed by atoms with Gasteiger partial charge in [-0.25, -0.2) is 9.78 Å². The Hall–Kier alpha value is -3.40. The number of thiazole rings is 1. The summed E-state index contributed by atoms with van der Waals surface area (Å²) in [5.41, 5.74) is 4.01. The Morgan fingerprint density at radius 1 is 0.886 bits per heavy atom. The number of nitrogens with one attached hydrogen (secondary N) is 2. The van der Waals surface area contributed by atoms with Crippen molar-refractivity contribution in [2.75, 3.05) is 51.5 Å². The molecular weight excluding hydrogens is 462 g/mol. The van der Waals surface area contributed by atoms with Crippen molar-refractivity contribution in [3.05, 3.63) is 65.2 Å². The van der Waals surface area contributed by atoms with Gasteiger partial charge in [0.05, 0.1) is 5.69 Å². The van der Waals surface area contributed by atoms with Crippen LogP contribution in [0.1, 0.15) is 10.6 Å². The molecule has 0 unspecified atom stereocenters. The van der Waals surface area contributed by atoms with Gasteiger partial charge in [0, 0.05) is 23.7 Å². The molecule has 0 bridgehead atoms. The highest BCUT2D eigenvalue weighted by molar-refractivity contribution is 7.15. The van der Waals surface area contributed by atoms with E-state index in [1.165, 1.54) is 0 Å². The van der Waals surface area contributed by atoms with Gasteiger partial charge in [0.1, 0.15) is 13.6 Å². The van der Waals surface area contributed by atoms with E-state index in [0.29, 0.717) is 6.54 Å².